The summed E-state index contributed by atoms with van der Waals surface area (Å²) in [5, 5.41) is 17.6. The molecule has 1 aliphatic heterocycles. The number of carbonyl (C=O) groups is 1. The van der Waals surface area contributed by atoms with Gasteiger partial charge in [0.05, 0.1) is 0 Å². The van der Waals surface area contributed by atoms with Gasteiger partial charge in [0, 0.05) is 13.1 Å². The third kappa shape index (κ3) is 5.23. The van der Waals surface area contributed by atoms with Crippen LogP contribution in [0.15, 0.2) is 11.5 Å². The van der Waals surface area contributed by atoms with Gasteiger partial charge in [-0.05, 0) is 33.6 Å². The molecule has 0 spiro atoms. The maximum Gasteiger partial charge on any atom is 0.480 e. The van der Waals surface area contributed by atoms with Gasteiger partial charge in [0.15, 0.2) is 0 Å². The lowest BCUT2D eigenvalue weighted by Crippen LogP contribution is -2.40. The fourth-order valence-electron chi connectivity index (χ4n) is 1.68. The van der Waals surface area contributed by atoms with Crippen LogP contribution in [0.1, 0.15) is 33.6 Å². The van der Waals surface area contributed by atoms with Gasteiger partial charge in [-0.3, -0.25) is 0 Å². The molecule has 2 N–H and O–H groups in total. The van der Waals surface area contributed by atoms with Gasteiger partial charge < -0.3 is 19.7 Å². The zero-order valence-corrected chi connectivity index (χ0v) is 10.6. The second kappa shape index (κ2) is 5.55. The molecule has 5 nitrogen and oxygen atoms in total. The van der Waals surface area contributed by atoms with Crippen LogP contribution in [0, 0.1) is 0 Å². The summed E-state index contributed by atoms with van der Waals surface area (Å²) in [4.78, 5) is 13.4. The second-order valence-electron chi connectivity index (χ2n) is 5.21. The molecule has 1 heterocycles. The van der Waals surface area contributed by atoms with E-state index in [-0.39, 0.29) is 6.09 Å². The van der Waals surface area contributed by atoms with Crippen LogP contribution in [0.5, 0.6) is 0 Å². The summed E-state index contributed by atoms with van der Waals surface area (Å²) in [5.41, 5.74) is 0.494. The number of rotatable bonds is 1. The van der Waals surface area contributed by atoms with Crippen molar-refractivity contribution in [2.24, 2.45) is 0 Å². The van der Waals surface area contributed by atoms with Crippen molar-refractivity contribution in [3.63, 3.8) is 0 Å². The van der Waals surface area contributed by atoms with Crippen LogP contribution < -0.4 is 0 Å². The molecule has 6 heteroatoms. The molecule has 1 rings (SSSR count). The molecule has 0 aromatic heterocycles. The van der Waals surface area contributed by atoms with Gasteiger partial charge in [0.1, 0.15) is 5.60 Å². The van der Waals surface area contributed by atoms with Crippen LogP contribution >= 0.6 is 0 Å². The summed E-state index contributed by atoms with van der Waals surface area (Å²) in [6.45, 7) is 6.63. The molecule has 1 saturated heterocycles. The van der Waals surface area contributed by atoms with Crippen LogP contribution in [0.25, 0.3) is 0 Å². The highest BCUT2D eigenvalue weighted by molar-refractivity contribution is 6.47. The van der Waals surface area contributed by atoms with Gasteiger partial charge in [0.2, 0.25) is 0 Å². The van der Waals surface area contributed by atoms with Gasteiger partial charge >= 0.3 is 13.2 Å². The van der Waals surface area contributed by atoms with Crippen LogP contribution in [0.3, 0.4) is 0 Å². The van der Waals surface area contributed by atoms with Gasteiger partial charge in [-0.25, -0.2) is 4.79 Å². The molecule has 96 valence electrons. The highest BCUT2D eigenvalue weighted by atomic mass is 16.6. The first-order chi connectivity index (χ1) is 7.78. The Labute approximate surface area is 102 Å². The summed E-state index contributed by atoms with van der Waals surface area (Å²) in [5.74, 6) is 1.42. The summed E-state index contributed by atoms with van der Waals surface area (Å²) in [6.07, 6.45) is 1.02. The van der Waals surface area contributed by atoms with E-state index >= 15 is 0 Å². The van der Waals surface area contributed by atoms with E-state index in [9.17, 15) is 4.79 Å². The van der Waals surface area contributed by atoms with Crippen molar-refractivity contribution >= 4 is 13.2 Å². The van der Waals surface area contributed by atoms with Gasteiger partial charge in [-0.1, -0.05) is 11.5 Å². The van der Waals surface area contributed by atoms with Crippen molar-refractivity contribution in [1.29, 1.82) is 0 Å². The Morgan fingerprint density at radius 2 is 1.88 bits per heavy atom. The molecule has 0 saturated carbocycles. The van der Waals surface area contributed by atoms with E-state index in [1.807, 2.05) is 20.8 Å². The lowest BCUT2D eigenvalue weighted by Gasteiger charge is -2.31. The number of hydrogen-bond donors (Lipinski definition) is 2. The molecular weight excluding hydrogens is 221 g/mol. The normalized spacial score (nSPS) is 16.8. The minimum Gasteiger partial charge on any atom is -0.444 e. The largest absolute Gasteiger partial charge is 0.480 e. The van der Waals surface area contributed by atoms with Crippen molar-refractivity contribution in [2.75, 3.05) is 13.1 Å². The van der Waals surface area contributed by atoms with E-state index in [1.165, 1.54) is 5.98 Å². The third-order valence-electron chi connectivity index (χ3n) is 2.44. The molecule has 0 aromatic carbocycles. The number of nitrogens with zero attached hydrogens (tertiary/aromatic N) is 1. The number of likely N-dealkylation sites (tertiary alicyclic amines) is 1. The van der Waals surface area contributed by atoms with Gasteiger partial charge in [0.25, 0.3) is 0 Å². The summed E-state index contributed by atoms with van der Waals surface area (Å²) in [7, 11) is -1.40. The van der Waals surface area contributed by atoms with Crippen molar-refractivity contribution in [3.05, 3.63) is 11.5 Å². The Hall–Kier alpha value is -1.01. The monoisotopic (exact) mass is 241 g/mol. The molecule has 0 unspecified atom stereocenters. The van der Waals surface area contributed by atoms with Crippen LogP contribution in [-0.4, -0.2) is 46.9 Å². The van der Waals surface area contributed by atoms with E-state index in [0.29, 0.717) is 25.9 Å². The first-order valence-corrected chi connectivity index (χ1v) is 5.81. The molecule has 1 aliphatic rings. The molecule has 0 atom stereocenters. The summed E-state index contributed by atoms with van der Waals surface area (Å²) < 4.78 is 5.26. The molecule has 0 bridgehead atoms. The maximum atomic E-state index is 11.7. The zero-order valence-electron chi connectivity index (χ0n) is 10.6. The Bertz CT molecular complexity index is 299. The average molecular weight is 241 g/mol. The standard InChI is InChI=1S/C11H20BNO4/c1-11(2,3)17-10(14)13-6-4-9(5-7-13)8-12(15)16/h8,15-16H,4-7H2,1-3H3. The average Bonchev–Trinajstić information content (AvgIpc) is 2.15. The fourth-order valence-corrected chi connectivity index (χ4v) is 1.68. The number of amides is 1. The Morgan fingerprint density at radius 1 is 1.35 bits per heavy atom. The van der Waals surface area contributed by atoms with Crippen molar-refractivity contribution < 1.29 is 19.6 Å². The Kier molecular flexibility index (Phi) is 4.59. The third-order valence-corrected chi connectivity index (χ3v) is 2.44. The summed E-state index contributed by atoms with van der Waals surface area (Å²) >= 11 is 0. The molecule has 0 aromatic rings. The van der Waals surface area contributed by atoms with Crippen LogP contribution in [0.2, 0.25) is 0 Å². The van der Waals surface area contributed by atoms with E-state index < -0.39 is 12.7 Å². The maximum absolute atomic E-state index is 11.7. The number of carbonyl (C=O) groups excluding carboxylic acids is 1. The van der Waals surface area contributed by atoms with Gasteiger partial charge in [-0.2, -0.15) is 0 Å². The van der Waals surface area contributed by atoms with E-state index in [0.717, 1.165) is 5.57 Å². The smallest absolute Gasteiger partial charge is 0.444 e. The quantitative estimate of drug-likeness (QED) is 0.670. The number of ether oxygens (including phenoxy) is 1. The van der Waals surface area contributed by atoms with E-state index in [1.54, 1.807) is 4.90 Å². The number of hydrogen-bond acceptors (Lipinski definition) is 4. The highest BCUT2D eigenvalue weighted by Crippen LogP contribution is 2.18. The molecule has 1 fully saturated rings. The SMILES string of the molecule is CC(C)(C)OC(=O)N1CCC(=CB(O)O)CC1. The molecule has 0 aliphatic carbocycles. The zero-order chi connectivity index (χ0) is 13.1. The van der Waals surface area contributed by atoms with Crippen molar-refractivity contribution in [3.8, 4) is 0 Å². The predicted molar refractivity (Wildman–Crippen MR) is 65.3 cm³/mol. The van der Waals surface area contributed by atoms with E-state index in [2.05, 4.69) is 0 Å². The summed E-state index contributed by atoms with van der Waals surface area (Å²) in [6, 6.07) is 0. The van der Waals surface area contributed by atoms with Crippen LogP contribution in [-0.2, 0) is 4.74 Å². The predicted octanol–water partition coefficient (Wildman–Crippen LogP) is 0.956. The Balaban J connectivity index is 2.44. The van der Waals surface area contributed by atoms with E-state index in [4.69, 9.17) is 14.8 Å². The topological polar surface area (TPSA) is 70.0 Å². The van der Waals surface area contributed by atoms with Crippen LogP contribution in [0.4, 0.5) is 4.79 Å². The molecular formula is C11H20BNO4. The van der Waals surface area contributed by atoms with Crippen molar-refractivity contribution in [1.82, 2.24) is 4.90 Å². The molecule has 17 heavy (non-hydrogen) atoms. The minimum atomic E-state index is -1.40. The minimum absolute atomic E-state index is 0.305. The fraction of sp³-hybridized carbons (Fsp3) is 0.727. The first-order valence-electron chi connectivity index (χ1n) is 5.81. The molecule has 0 radical (unpaired) electrons. The van der Waals surface area contributed by atoms with Gasteiger partial charge in [-0.15, -0.1) is 0 Å². The lowest BCUT2D eigenvalue weighted by molar-refractivity contribution is 0.0236. The number of piperidine rings is 1. The van der Waals surface area contributed by atoms with Crippen molar-refractivity contribution in [2.45, 2.75) is 39.2 Å². The Morgan fingerprint density at radius 3 is 2.29 bits per heavy atom. The second-order valence-corrected chi connectivity index (χ2v) is 5.21. The highest BCUT2D eigenvalue weighted by Gasteiger charge is 2.24. The first kappa shape index (κ1) is 14.1. The molecule has 1 amide bonds. The lowest BCUT2D eigenvalue weighted by atomic mass is 9.85.